The average molecular weight is 389 g/mol. The average Bonchev–Trinajstić information content (AvgIpc) is 3.19. The molecule has 0 aliphatic carbocycles. The lowest BCUT2D eigenvalue weighted by Gasteiger charge is -2.32. The number of thiophene rings is 2. The van der Waals surface area contributed by atoms with E-state index in [1.165, 1.54) is 14.8 Å². The van der Waals surface area contributed by atoms with Gasteiger partial charge in [0.2, 0.25) is 0 Å². The fourth-order valence-electron chi connectivity index (χ4n) is 3.38. The molecule has 1 aliphatic rings. The summed E-state index contributed by atoms with van der Waals surface area (Å²) < 4.78 is 8.55. The minimum atomic E-state index is -0.407. The van der Waals surface area contributed by atoms with E-state index in [1.54, 1.807) is 29.6 Å². The van der Waals surface area contributed by atoms with Crippen LogP contribution in [0.15, 0.2) is 30.3 Å². The van der Waals surface area contributed by atoms with Gasteiger partial charge in [0.15, 0.2) is 0 Å². The first-order valence-corrected chi connectivity index (χ1v) is 10.4. The first-order valence-electron chi connectivity index (χ1n) is 8.79. The lowest BCUT2D eigenvalue weighted by atomic mass is 10.1. The molecule has 1 aliphatic heterocycles. The number of piperidine rings is 1. The number of nitrogens with one attached hydrogen (secondary N) is 1. The number of carbonyl (C=O) groups is 2. The molecule has 4 rings (SSSR count). The molecule has 1 saturated heterocycles. The summed E-state index contributed by atoms with van der Waals surface area (Å²) in [5, 5.41) is 4.07. The number of nitrogens with zero attached hydrogens (tertiary/aromatic N) is 1. The maximum absolute atomic E-state index is 13.0. The third kappa shape index (κ3) is 3.29. The van der Waals surface area contributed by atoms with Crippen LogP contribution in [0.3, 0.4) is 0 Å². The monoisotopic (exact) mass is 388 g/mol. The van der Waals surface area contributed by atoms with E-state index in [1.807, 2.05) is 23.1 Å². The zero-order valence-corrected chi connectivity index (χ0v) is 16.1. The van der Waals surface area contributed by atoms with E-state index in [9.17, 15) is 9.59 Å². The highest BCUT2D eigenvalue weighted by Crippen LogP contribution is 2.39. The molecule has 0 spiro atoms. The van der Waals surface area contributed by atoms with E-state index in [4.69, 9.17) is 4.74 Å². The van der Waals surface area contributed by atoms with Gasteiger partial charge in [-0.05, 0) is 31.9 Å². The van der Waals surface area contributed by atoms with Crippen molar-refractivity contribution in [2.24, 2.45) is 0 Å². The highest BCUT2D eigenvalue weighted by atomic mass is 32.1. The lowest BCUT2D eigenvalue weighted by molar-refractivity contribution is 0.0691. The summed E-state index contributed by atoms with van der Waals surface area (Å²) in [6, 6.07) is 10.3. The number of carbonyl (C=O) groups excluding carboxylic acids is 2. The second kappa shape index (κ2) is 7.25. The predicted molar refractivity (Wildman–Crippen MR) is 106 cm³/mol. The molecule has 0 saturated carbocycles. The van der Waals surface area contributed by atoms with Crippen LogP contribution in [0, 0.1) is 0 Å². The Kier molecular flexibility index (Phi) is 4.82. The fraction of sp³-hybridized carbons (Fsp3) is 0.368. The Hall–Kier alpha value is -2.12. The number of hydrogen-bond donors (Lipinski definition) is 1. The van der Waals surface area contributed by atoms with Gasteiger partial charge < -0.3 is 15.0 Å². The second-order valence-corrected chi connectivity index (χ2v) is 8.49. The first kappa shape index (κ1) is 17.3. The van der Waals surface area contributed by atoms with E-state index in [0.29, 0.717) is 13.2 Å². The van der Waals surface area contributed by atoms with Crippen molar-refractivity contribution in [2.75, 3.05) is 19.7 Å². The van der Waals surface area contributed by atoms with Crippen molar-refractivity contribution >= 4 is 54.2 Å². The molecule has 0 radical (unpaired) electrons. The van der Waals surface area contributed by atoms with E-state index in [2.05, 4.69) is 17.4 Å². The molecule has 5 nitrogen and oxygen atoms in total. The topological polar surface area (TPSA) is 58.6 Å². The van der Waals surface area contributed by atoms with Crippen molar-refractivity contribution in [2.45, 2.75) is 25.8 Å². The molecule has 1 N–H and O–H groups in total. The molecule has 2 amide bonds. The first-order chi connectivity index (χ1) is 12.7. The van der Waals surface area contributed by atoms with Gasteiger partial charge in [-0.15, -0.1) is 22.7 Å². The quantitative estimate of drug-likeness (QED) is 0.720. The Morgan fingerprint density at radius 1 is 1.27 bits per heavy atom. The van der Waals surface area contributed by atoms with Gasteiger partial charge in [-0.25, -0.2) is 4.79 Å². The minimum absolute atomic E-state index is 0.0475. The number of hydrogen-bond acceptors (Lipinski definition) is 5. The number of ether oxygens (including phenoxy) is 1. The summed E-state index contributed by atoms with van der Waals surface area (Å²) in [7, 11) is 0. The normalized spacial score (nSPS) is 17.6. The zero-order chi connectivity index (χ0) is 18.1. The largest absolute Gasteiger partial charge is 0.450 e. The third-order valence-corrected chi connectivity index (χ3v) is 6.97. The number of benzene rings is 1. The molecule has 7 heteroatoms. The Balaban J connectivity index is 1.51. The van der Waals surface area contributed by atoms with Crippen LogP contribution in [0.5, 0.6) is 0 Å². The van der Waals surface area contributed by atoms with Crippen molar-refractivity contribution in [3.05, 3.63) is 35.2 Å². The summed E-state index contributed by atoms with van der Waals surface area (Å²) in [4.78, 5) is 27.2. The van der Waals surface area contributed by atoms with Gasteiger partial charge in [-0.3, -0.25) is 4.79 Å². The Bertz CT molecular complexity index is 962. The highest BCUT2D eigenvalue weighted by Gasteiger charge is 2.27. The maximum atomic E-state index is 13.0. The molecule has 1 fully saturated rings. The van der Waals surface area contributed by atoms with Crippen molar-refractivity contribution in [1.29, 1.82) is 0 Å². The smallest absolute Gasteiger partial charge is 0.407 e. The van der Waals surface area contributed by atoms with Crippen molar-refractivity contribution < 1.29 is 14.3 Å². The molecule has 1 unspecified atom stereocenters. The summed E-state index contributed by atoms with van der Waals surface area (Å²) in [5.74, 6) is 0.0536. The number of amides is 2. The molecule has 3 aromatic rings. The third-order valence-electron chi connectivity index (χ3n) is 4.57. The van der Waals surface area contributed by atoms with Crippen LogP contribution in [-0.4, -0.2) is 42.6 Å². The summed E-state index contributed by atoms with van der Waals surface area (Å²) in [6.07, 6.45) is 1.34. The van der Waals surface area contributed by atoms with Crippen molar-refractivity contribution in [3.63, 3.8) is 0 Å². The van der Waals surface area contributed by atoms with Gasteiger partial charge in [0.05, 0.1) is 16.2 Å². The van der Waals surface area contributed by atoms with Crippen LogP contribution in [0.25, 0.3) is 19.5 Å². The van der Waals surface area contributed by atoms with Gasteiger partial charge in [-0.1, -0.05) is 18.2 Å². The molecular weight excluding hydrogens is 368 g/mol. The summed E-state index contributed by atoms with van der Waals surface area (Å²) in [5.41, 5.74) is 0. The molecule has 1 atom stereocenters. The zero-order valence-electron chi connectivity index (χ0n) is 14.5. The fourth-order valence-corrected chi connectivity index (χ4v) is 5.87. The molecule has 3 heterocycles. The molecule has 136 valence electrons. The van der Waals surface area contributed by atoms with Gasteiger partial charge >= 0.3 is 6.09 Å². The van der Waals surface area contributed by atoms with Crippen LogP contribution in [0.1, 0.15) is 29.4 Å². The van der Waals surface area contributed by atoms with Crippen LogP contribution < -0.4 is 5.32 Å². The van der Waals surface area contributed by atoms with E-state index in [-0.39, 0.29) is 11.9 Å². The van der Waals surface area contributed by atoms with Crippen molar-refractivity contribution in [1.82, 2.24) is 10.2 Å². The summed E-state index contributed by atoms with van der Waals surface area (Å²) in [6.45, 7) is 3.39. The standard InChI is InChI=1S/C19H20N2O3S2/c1-2-24-19(23)20-12-6-5-9-21(11-12)18(22)16-10-15-17(26-16)13-7-3-4-8-14(13)25-15/h3-4,7-8,10,12H,2,5-6,9,11H2,1H3,(H,20,23). The molecule has 0 bridgehead atoms. The SMILES string of the molecule is CCOC(=O)NC1CCCN(C(=O)c2cc3sc4ccccc4c3s2)C1. The van der Waals surface area contributed by atoms with Crippen LogP contribution in [-0.2, 0) is 4.74 Å². The van der Waals surface area contributed by atoms with Crippen LogP contribution in [0.2, 0.25) is 0 Å². The number of likely N-dealkylation sites (tertiary alicyclic amines) is 1. The molecular formula is C19H20N2O3S2. The van der Waals surface area contributed by atoms with Gasteiger partial charge in [0, 0.05) is 33.9 Å². The van der Waals surface area contributed by atoms with Gasteiger partial charge in [0.1, 0.15) is 0 Å². The number of rotatable bonds is 3. The van der Waals surface area contributed by atoms with Crippen LogP contribution in [0.4, 0.5) is 4.79 Å². The number of fused-ring (bicyclic) bond motifs is 3. The minimum Gasteiger partial charge on any atom is -0.450 e. The number of alkyl carbamates (subject to hydrolysis) is 1. The predicted octanol–water partition coefficient (Wildman–Crippen LogP) is 4.47. The highest BCUT2D eigenvalue weighted by molar-refractivity contribution is 7.33. The van der Waals surface area contributed by atoms with Gasteiger partial charge in [0.25, 0.3) is 5.91 Å². The molecule has 1 aromatic carbocycles. The van der Waals surface area contributed by atoms with E-state index < -0.39 is 6.09 Å². The van der Waals surface area contributed by atoms with E-state index >= 15 is 0 Å². The lowest BCUT2D eigenvalue weighted by Crippen LogP contribution is -2.49. The molecule has 26 heavy (non-hydrogen) atoms. The van der Waals surface area contributed by atoms with Crippen molar-refractivity contribution in [3.8, 4) is 0 Å². The van der Waals surface area contributed by atoms with Gasteiger partial charge in [-0.2, -0.15) is 0 Å². The molecule has 2 aromatic heterocycles. The summed E-state index contributed by atoms with van der Waals surface area (Å²) >= 11 is 3.29. The Morgan fingerprint density at radius 2 is 2.12 bits per heavy atom. The Morgan fingerprint density at radius 3 is 2.96 bits per heavy atom. The maximum Gasteiger partial charge on any atom is 0.407 e. The Labute approximate surface area is 159 Å². The second-order valence-electron chi connectivity index (χ2n) is 6.36. The van der Waals surface area contributed by atoms with Crippen LogP contribution >= 0.6 is 22.7 Å². The van der Waals surface area contributed by atoms with E-state index in [0.717, 1.165) is 29.0 Å².